The van der Waals surface area contributed by atoms with Crippen molar-refractivity contribution >= 4 is 0 Å². The maximum atomic E-state index is 5.79. The number of rotatable bonds is 2. The second-order valence-electron chi connectivity index (χ2n) is 5.90. The minimum Gasteiger partial charge on any atom is -0.444 e. The van der Waals surface area contributed by atoms with Crippen LogP contribution in [-0.4, -0.2) is 4.98 Å². The predicted molar refractivity (Wildman–Crippen MR) is 59.7 cm³/mol. The van der Waals surface area contributed by atoms with E-state index in [9.17, 15) is 0 Å². The summed E-state index contributed by atoms with van der Waals surface area (Å²) >= 11 is 0. The van der Waals surface area contributed by atoms with Crippen LogP contribution in [0, 0.1) is 23.7 Å². The summed E-state index contributed by atoms with van der Waals surface area (Å²) in [5.41, 5.74) is 5.77. The molecule has 3 aliphatic rings. The lowest BCUT2D eigenvalue weighted by molar-refractivity contribution is 0.402. The predicted octanol–water partition coefficient (Wildman–Crippen LogP) is 2.45. The van der Waals surface area contributed by atoms with E-state index in [0.29, 0.717) is 11.8 Å². The molecule has 1 heterocycles. The van der Waals surface area contributed by atoms with E-state index in [1.807, 2.05) is 13.1 Å². The summed E-state index contributed by atoms with van der Waals surface area (Å²) in [7, 11) is 0. The van der Waals surface area contributed by atoms with Crippen LogP contribution in [0.4, 0.5) is 0 Å². The molecular weight excluding hydrogens is 200 g/mol. The van der Waals surface area contributed by atoms with Crippen molar-refractivity contribution in [3.05, 3.63) is 17.8 Å². The van der Waals surface area contributed by atoms with Crippen molar-refractivity contribution in [1.29, 1.82) is 0 Å². The fraction of sp³-hybridized carbons (Fsp3) is 0.769. The Balaban J connectivity index is 1.59. The van der Waals surface area contributed by atoms with E-state index in [2.05, 4.69) is 4.98 Å². The second-order valence-corrected chi connectivity index (χ2v) is 5.90. The number of nitrogens with zero attached hydrogens (tertiary/aromatic N) is 1. The summed E-state index contributed by atoms with van der Waals surface area (Å²) in [6, 6.07) is -0.0796. The van der Waals surface area contributed by atoms with Gasteiger partial charge in [0.25, 0.3) is 0 Å². The van der Waals surface area contributed by atoms with Crippen molar-refractivity contribution in [2.45, 2.75) is 38.1 Å². The van der Waals surface area contributed by atoms with Gasteiger partial charge in [-0.25, -0.2) is 4.98 Å². The van der Waals surface area contributed by atoms with Gasteiger partial charge in [-0.05, 0) is 49.9 Å². The molecule has 3 aliphatic carbocycles. The van der Waals surface area contributed by atoms with Crippen LogP contribution in [0.15, 0.2) is 10.6 Å². The molecule has 4 rings (SSSR count). The van der Waals surface area contributed by atoms with E-state index in [4.69, 9.17) is 10.2 Å². The van der Waals surface area contributed by atoms with Crippen molar-refractivity contribution in [1.82, 2.24) is 4.98 Å². The molecule has 3 saturated carbocycles. The molecule has 1 aromatic heterocycles. The third-order valence-electron chi connectivity index (χ3n) is 4.99. The lowest BCUT2D eigenvalue weighted by atomic mass is 10.0. The van der Waals surface area contributed by atoms with Crippen LogP contribution in [0.3, 0.4) is 0 Å². The Morgan fingerprint density at radius 3 is 2.62 bits per heavy atom. The summed E-state index contributed by atoms with van der Waals surface area (Å²) in [6.45, 7) is 1.92. The molecule has 0 amide bonds. The normalized spacial score (nSPS) is 45.8. The van der Waals surface area contributed by atoms with Crippen LogP contribution in [0.5, 0.6) is 0 Å². The highest BCUT2D eigenvalue weighted by Gasteiger charge is 2.66. The van der Waals surface area contributed by atoms with E-state index in [0.717, 1.165) is 29.4 Å². The van der Waals surface area contributed by atoms with Gasteiger partial charge in [-0.2, -0.15) is 0 Å². The molecule has 2 bridgehead atoms. The van der Waals surface area contributed by atoms with Crippen molar-refractivity contribution in [3.8, 4) is 0 Å². The Hall–Kier alpha value is -0.830. The fourth-order valence-corrected chi connectivity index (χ4v) is 4.37. The number of oxazole rings is 1. The molecule has 3 nitrogen and oxygen atoms in total. The summed E-state index contributed by atoms with van der Waals surface area (Å²) in [4.78, 5) is 4.28. The maximum Gasteiger partial charge on any atom is 0.211 e. The summed E-state index contributed by atoms with van der Waals surface area (Å²) in [6.07, 6.45) is 6.31. The van der Waals surface area contributed by atoms with E-state index in [1.165, 1.54) is 19.3 Å². The largest absolute Gasteiger partial charge is 0.444 e. The zero-order valence-electron chi connectivity index (χ0n) is 9.60. The number of hydrogen-bond acceptors (Lipinski definition) is 3. The first-order chi connectivity index (χ1) is 7.75. The van der Waals surface area contributed by atoms with Crippen LogP contribution in [0.1, 0.15) is 49.8 Å². The molecule has 5 unspecified atom stereocenters. The van der Waals surface area contributed by atoms with Gasteiger partial charge in [-0.3, -0.25) is 0 Å². The van der Waals surface area contributed by atoms with E-state index in [-0.39, 0.29) is 6.04 Å². The van der Waals surface area contributed by atoms with Crippen LogP contribution < -0.4 is 5.73 Å². The third kappa shape index (κ3) is 1.05. The SMILES string of the molecule is CC(N)c1ncc(C2C3C4CCC(C4)C23)o1. The van der Waals surface area contributed by atoms with Crippen LogP contribution in [0.2, 0.25) is 0 Å². The topological polar surface area (TPSA) is 52.0 Å². The van der Waals surface area contributed by atoms with Gasteiger partial charge in [-0.15, -0.1) is 0 Å². The Labute approximate surface area is 95.4 Å². The second kappa shape index (κ2) is 2.89. The highest BCUT2D eigenvalue weighted by atomic mass is 16.4. The average molecular weight is 218 g/mol. The number of hydrogen-bond donors (Lipinski definition) is 1. The van der Waals surface area contributed by atoms with E-state index < -0.39 is 0 Å². The molecule has 1 aromatic rings. The number of aromatic nitrogens is 1. The summed E-state index contributed by atoms with van der Waals surface area (Å²) in [5.74, 6) is 6.32. The van der Waals surface area contributed by atoms with Gasteiger partial charge < -0.3 is 10.2 Å². The van der Waals surface area contributed by atoms with E-state index >= 15 is 0 Å². The van der Waals surface area contributed by atoms with Gasteiger partial charge in [0, 0.05) is 5.92 Å². The van der Waals surface area contributed by atoms with Crippen molar-refractivity contribution in [2.24, 2.45) is 29.4 Å². The molecule has 2 N–H and O–H groups in total. The molecular formula is C13H18N2O. The summed E-state index contributed by atoms with van der Waals surface area (Å²) < 4.78 is 5.79. The first-order valence-electron chi connectivity index (χ1n) is 6.47. The van der Waals surface area contributed by atoms with Gasteiger partial charge in [-0.1, -0.05) is 0 Å². The molecule has 5 atom stereocenters. The average Bonchev–Trinajstić information content (AvgIpc) is 2.74. The third-order valence-corrected chi connectivity index (χ3v) is 4.99. The quantitative estimate of drug-likeness (QED) is 0.829. The zero-order chi connectivity index (χ0) is 10.9. The minimum atomic E-state index is -0.0796. The minimum absolute atomic E-state index is 0.0796. The molecule has 86 valence electrons. The van der Waals surface area contributed by atoms with Gasteiger partial charge in [0.05, 0.1) is 12.2 Å². The van der Waals surface area contributed by atoms with Crippen molar-refractivity contribution in [2.75, 3.05) is 0 Å². The van der Waals surface area contributed by atoms with Gasteiger partial charge >= 0.3 is 0 Å². The Bertz CT molecular complexity index is 409. The lowest BCUT2D eigenvalue weighted by Gasteiger charge is -2.05. The lowest BCUT2D eigenvalue weighted by Crippen LogP contribution is -2.04. The molecule has 3 heteroatoms. The standard InChI is InChI=1S/C13H18N2O/c1-6(14)13-15-5-9(16-13)12-10-7-2-3-8(4-7)11(10)12/h5-8,10-12H,2-4,14H2,1H3. The number of fused-ring (bicyclic) bond motifs is 5. The molecule has 0 saturated heterocycles. The Kier molecular flexibility index (Phi) is 1.67. The van der Waals surface area contributed by atoms with Crippen molar-refractivity contribution < 1.29 is 4.42 Å². The molecule has 0 spiro atoms. The number of nitrogens with two attached hydrogens (primary N) is 1. The maximum absolute atomic E-state index is 5.79. The van der Waals surface area contributed by atoms with E-state index in [1.54, 1.807) is 0 Å². The first kappa shape index (κ1) is 9.23. The molecule has 16 heavy (non-hydrogen) atoms. The Morgan fingerprint density at radius 2 is 2.06 bits per heavy atom. The van der Waals surface area contributed by atoms with Crippen molar-refractivity contribution in [3.63, 3.8) is 0 Å². The van der Waals surface area contributed by atoms with Gasteiger partial charge in [0.2, 0.25) is 5.89 Å². The van der Waals surface area contributed by atoms with Crippen LogP contribution in [-0.2, 0) is 0 Å². The monoisotopic (exact) mass is 218 g/mol. The van der Waals surface area contributed by atoms with Crippen LogP contribution >= 0.6 is 0 Å². The highest BCUT2D eigenvalue weighted by molar-refractivity contribution is 5.25. The van der Waals surface area contributed by atoms with Gasteiger partial charge in [0.1, 0.15) is 5.76 Å². The first-order valence-corrected chi connectivity index (χ1v) is 6.47. The fourth-order valence-electron chi connectivity index (χ4n) is 4.37. The smallest absolute Gasteiger partial charge is 0.211 e. The molecule has 3 fully saturated rings. The molecule has 0 radical (unpaired) electrons. The van der Waals surface area contributed by atoms with Crippen LogP contribution in [0.25, 0.3) is 0 Å². The summed E-state index contributed by atoms with van der Waals surface area (Å²) in [5, 5.41) is 0. The Morgan fingerprint density at radius 1 is 1.38 bits per heavy atom. The van der Waals surface area contributed by atoms with Gasteiger partial charge in [0.15, 0.2) is 0 Å². The molecule has 0 aliphatic heterocycles. The zero-order valence-corrected chi connectivity index (χ0v) is 9.60. The molecule has 0 aromatic carbocycles. The highest BCUT2D eigenvalue weighted by Crippen LogP contribution is 2.73.